The molecule has 5 heteroatoms. The predicted octanol–water partition coefficient (Wildman–Crippen LogP) is 2.89. The number of hydrogen-bond acceptors (Lipinski definition) is 5. The third kappa shape index (κ3) is 2.26. The average molecular weight is 256 g/mol. The molecular formula is C13H12N4S. The number of rotatable bonds is 3. The molecular weight excluding hydrogens is 244 g/mol. The van der Waals surface area contributed by atoms with E-state index in [0.717, 1.165) is 16.3 Å². The molecule has 0 aliphatic carbocycles. The molecule has 0 atom stereocenters. The normalized spacial score (nSPS) is 10.7. The van der Waals surface area contributed by atoms with Crippen LogP contribution in [0.15, 0.2) is 42.5 Å². The van der Waals surface area contributed by atoms with Gasteiger partial charge in [0.2, 0.25) is 0 Å². The minimum absolute atomic E-state index is 0.518. The van der Waals surface area contributed by atoms with Gasteiger partial charge >= 0.3 is 0 Å². The molecule has 0 aliphatic rings. The van der Waals surface area contributed by atoms with E-state index in [0.29, 0.717) is 12.4 Å². The van der Waals surface area contributed by atoms with Crippen LogP contribution in [0.5, 0.6) is 0 Å². The number of aromatic nitrogens is 2. The lowest BCUT2D eigenvalue weighted by Crippen LogP contribution is -2.02. The number of para-hydroxylation sites is 1. The summed E-state index contributed by atoms with van der Waals surface area (Å²) in [5.41, 5.74) is 6.67. The van der Waals surface area contributed by atoms with E-state index in [-0.39, 0.29) is 0 Å². The Kier molecular flexibility index (Phi) is 2.82. The number of nitrogen functional groups attached to an aromatic ring is 1. The molecule has 4 nitrogen and oxygen atoms in total. The Bertz CT molecular complexity index is 644. The SMILES string of the molecule is Nc1cccc(NCc2nc3ccccc3s2)n1. The van der Waals surface area contributed by atoms with Gasteiger partial charge in [0.25, 0.3) is 0 Å². The smallest absolute Gasteiger partial charge is 0.128 e. The second kappa shape index (κ2) is 4.62. The van der Waals surface area contributed by atoms with Crippen molar-refractivity contribution in [3.05, 3.63) is 47.5 Å². The van der Waals surface area contributed by atoms with Crippen LogP contribution in [-0.2, 0) is 6.54 Å². The summed E-state index contributed by atoms with van der Waals surface area (Å²) in [4.78, 5) is 8.73. The zero-order valence-corrected chi connectivity index (χ0v) is 10.4. The fourth-order valence-corrected chi connectivity index (χ4v) is 2.62. The fourth-order valence-electron chi connectivity index (χ4n) is 1.71. The zero-order valence-electron chi connectivity index (χ0n) is 9.63. The van der Waals surface area contributed by atoms with Crippen molar-refractivity contribution in [3.63, 3.8) is 0 Å². The summed E-state index contributed by atoms with van der Waals surface area (Å²) in [6.07, 6.45) is 0. The first-order valence-electron chi connectivity index (χ1n) is 5.62. The number of benzene rings is 1. The molecule has 3 rings (SSSR count). The van der Waals surface area contributed by atoms with Gasteiger partial charge in [-0.2, -0.15) is 0 Å². The van der Waals surface area contributed by atoms with Crippen LogP contribution in [0.25, 0.3) is 10.2 Å². The molecule has 0 radical (unpaired) electrons. The van der Waals surface area contributed by atoms with Crippen LogP contribution in [-0.4, -0.2) is 9.97 Å². The summed E-state index contributed by atoms with van der Waals surface area (Å²) in [6, 6.07) is 13.7. The Morgan fingerprint density at radius 3 is 2.78 bits per heavy atom. The molecule has 0 saturated heterocycles. The van der Waals surface area contributed by atoms with Gasteiger partial charge in [0.05, 0.1) is 16.8 Å². The maximum atomic E-state index is 5.62. The second-order valence-corrected chi connectivity index (χ2v) is 4.99. The van der Waals surface area contributed by atoms with E-state index in [1.165, 1.54) is 4.70 Å². The highest BCUT2D eigenvalue weighted by Gasteiger charge is 2.03. The van der Waals surface area contributed by atoms with Crippen molar-refractivity contribution < 1.29 is 0 Å². The molecule has 0 fully saturated rings. The van der Waals surface area contributed by atoms with Crippen LogP contribution in [0.4, 0.5) is 11.6 Å². The molecule has 90 valence electrons. The molecule has 0 bridgehead atoms. The van der Waals surface area contributed by atoms with Crippen LogP contribution in [0, 0.1) is 0 Å². The van der Waals surface area contributed by atoms with Gasteiger partial charge in [-0.05, 0) is 24.3 Å². The summed E-state index contributed by atoms with van der Waals surface area (Å²) < 4.78 is 1.20. The number of nitrogens with zero attached hydrogens (tertiary/aromatic N) is 2. The summed E-state index contributed by atoms with van der Waals surface area (Å²) in [7, 11) is 0. The quantitative estimate of drug-likeness (QED) is 0.756. The lowest BCUT2D eigenvalue weighted by molar-refractivity contribution is 1.09. The highest BCUT2D eigenvalue weighted by molar-refractivity contribution is 7.18. The molecule has 3 aromatic rings. The van der Waals surface area contributed by atoms with Crippen LogP contribution in [0.2, 0.25) is 0 Å². The van der Waals surface area contributed by atoms with E-state index in [9.17, 15) is 0 Å². The monoisotopic (exact) mass is 256 g/mol. The number of nitrogens with two attached hydrogens (primary N) is 1. The van der Waals surface area contributed by atoms with Gasteiger partial charge in [0.15, 0.2) is 0 Å². The van der Waals surface area contributed by atoms with E-state index < -0.39 is 0 Å². The van der Waals surface area contributed by atoms with Gasteiger partial charge in [-0.15, -0.1) is 11.3 Å². The molecule has 18 heavy (non-hydrogen) atoms. The van der Waals surface area contributed by atoms with Crippen molar-refractivity contribution in [1.82, 2.24) is 9.97 Å². The number of thiazole rings is 1. The van der Waals surface area contributed by atoms with Crippen molar-refractivity contribution >= 4 is 33.2 Å². The van der Waals surface area contributed by atoms with Crippen molar-refractivity contribution in [1.29, 1.82) is 0 Å². The molecule has 0 spiro atoms. The average Bonchev–Trinajstić information content (AvgIpc) is 2.79. The molecule has 0 unspecified atom stereocenters. The lowest BCUT2D eigenvalue weighted by Gasteiger charge is -2.03. The third-order valence-electron chi connectivity index (χ3n) is 2.53. The number of hydrogen-bond donors (Lipinski definition) is 2. The summed E-state index contributed by atoms with van der Waals surface area (Å²) in [5.74, 6) is 1.29. The summed E-state index contributed by atoms with van der Waals surface area (Å²) >= 11 is 1.69. The van der Waals surface area contributed by atoms with Crippen LogP contribution < -0.4 is 11.1 Å². The third-order valence-corrected chi connectivity index (χ3v) is 3.57. The van der Waals surface area contributed by atoms with Gasteiger partial charge in [-0.3, -0.25) is 0 Å². The molecule has 0 amide bonds. The van der Waals surface area contributed by atoms with Gasteiger partial charge < -0.3 is 11.1 Å². The number of fused-ring (bicyclic) bond motifs is 1. The van der Waals surface area contributed by atoms with Crippen molar-refractivity contribution in [2.24, 2.45) is 0 Å². The standard InChI is InChI=1S/C13H12N4S/c14-11-6-3-7-12(17-11)15-8-13-16-9-4-1-2-5-10(9)18-13/h1-7H,8H2,(H3,14,15,17). The first-order valence-corrected chi connectivity index (χ1v) is 6.44. The summed E-state index contributed by atoms with van der Waals surface area (Å²) in [6.45, 7) is 0.663. The van der Waals surface area contributed by atoms with Gasteiger partial charge in [0.1, 0.15) is 16.6 Å². The number of anilines is 2. The molecule has 3 N–H and O–H groups in total. The zero-order chi connectivity index (χ0) is 12.4. The highest BCUT2D eigenvalue weighted by atomic mass is 32.1. The predicted molar refractivity (Wildman–Crippen MR) is 75.6 cm³/mol. The second-order valence-electron chi connectivity index (χ2n) is 3.88. The van der Waals surface area contributed by atoms with Gasteiger partial charge in [0, 0.05) is 0 Å². The van der Waals surface area contributed by atoms with Crippen molar-refractivity contribution in [2.45, 2.75) is 6.54 Å². The molecule has 2 heterocycles. The van der Waals surface area contributed by atoms with E-state index in [1.54, 1.807) is 17.4 Å². The first kappa shape index (κ1) is 11.0. The molecule has 0 aliphatic heterocycles. The number of nitrogens with one attached hydrogen (secondary N) is 1. The Hall–Kier alpha value is -2.14. The molecule has 2 aromatic heterocycles. The Labute approximate surface area is 109 Å². The van der Waals surface area contributed by atoms with E-state index in [4.69, 9.17) is 5.73 Å². The topological polar surface area (TPSA) is 63.8 Å². The highest BCUT2D eigenvalue weighted by Crippen LogP contribution is 2.22. The fraction of sp³-hybridized carbons (Fsp3) is 0.0769. The minimum Gasteiger partial charge on any atom is -0.384 e. The van der Waals surface area contributed by atoms with Crippen molar-refractivity contribution in [3.8, 4) is 0 Å². The van der Waals surface area contributed by atoms with Gasteiger partial charge in [-0.25, -0.2) is 9.97 Å². The van der Waals surface area contributed by atoms with E-state index >= 15 is 0 Å². The maximum Gasteiger partial charge on any atom is 0.128 e. The van der Waals surface area contributed by atoms with Crippen LogP contribution in [0.1, 0.15) is 5.01 Å². The van der Waals surface area contributed by atoms with Crippen LogP contribution in [0.3, 0.4) is 0 Å². The molecule has 1 aromatic carbocycles. The van der Waals surface area contributed by atoms with Gasteiger partial charge in [-0.1, -0.05) is 18.2 Å². The molecule has 0 saturated carbocycles. The summed E-state index contributed by atoms with van der Waals surface area (Å²) in [5, 5.41) is 4.26. The lowest BCUT2D eigenvalue weighted by atomic mass is 10.3. The first-order chi connectivity index (χ1) is 8.81. The largest absolute Gasteiger partial charge is 0.384 e. The van der Waals surface area contributed by atoms with Crippen LogP contribution >= 0.6 is 11.3 Å². The Morgan fingerprint density at radius 2 is 1.94 bits per heavy atom. The van der Waals surface area contributed by atoms with E-state index in [1.807, 2.05) is 30.3 Å². The van der Waals surface area contributed by atoms with Crippen molar-refractivity contribution in [2.75, 3.05) is 11.1 Å². The van der Waals surface area contributed by atoms with E-state index in [2.05, 4.69) is 21.4 Å². The Morgan fingerprint density at radius 1 is 1.06 bits per heavy atom. The number of pyridine rings is 1. The maximum absolute atomic E-state index is 5.62. The Balaban J connectivity index is 1.76. The minimum atomic E-state index is 0.518.